The second-order valence-electron chi connectivity index (χ2n) is 6.73. The normalized spacial score (nSPS) is 20.2. The fraction of sp³-hybridized carbons (Fsp3) is 0.533. The average molecular weight is 311 g/mol. The Bertz CT molecular complexity index is 690. The summed E-state index contributed by atoms with van der Waals surface area (Å²) < 4.78 is 27.8. The molecule has 0 bridgehead atoms. The molecule has 6 heteroatoms. The molecule has 0 radical (unpaired) electrons. The summed E-state index contributed by atoms with van der Waals surface area (Å²) in [5.74, 6) is -1.13. The Morgan fingerprint density at radius 3 is 2.14 bits per heavy atom. The number of nitrogens with one attached hydrogen (secondary N) is 1. The zero-order valence-corrected chi connectivity index (χ0v) is 13.7. The fourth-order valence-corrected chi connectivity index (χ4v) is 4.64. The molecule has 0 aliphatic heterocycles. The van der Waals surface area contributed by atoms with Crippen molar-refractivity contribution in [1.82, 2.24) is 4.72 Å². The van der Waals surface area contributed by atoms with E-state index in [1.807, 2.05) is 27.7 Å². The summed E-state index contributed by atoms with van der Waals surface area (Å²) in [4.78, 5) is 11.2. The van der Waals surface area contributed by atoms with Crippen molar-refractivity contribution in [3.8, 4) is 0 Å². The molecule has 1 fully saturated rings. The molecule has 0 amide bonds. The minimum Gasteiger partial charge on any atom is -0.478 e. The number of carboxylic acid groups (broad SMARTS) is 1. The molecule has 0 heterocycles. The summed E-state index contributed by atoms with van der Waals surface area (Å²) in [6, 6.07) is 4.13. The van der Waals surface area contributed by atoms with Gasteiger partial charge >= 0.3 is 5.97 Å². The smallest absolute Gasteiger partial charge is 0.335 e. The van der Waals surface area contributed by atoms with E-state index in [4.69, 9.17) is 5.11 Å². The van der Waals surface area contributed by atoms with Crippen molar-refractivity contribution in [3.05, 3.63) is 29.3 Å². The van der Waals surface area contributed by atoms with Gasteiger partial charge in [0.15, 0.2) is 0 Å². The van der Waals surface area contributed by atoms with E-state index in [1.54, 1.807) is 0 Å². The van der Waals surface area contributed by atoms with E-state index in [0.29, 0.717) is 0 Å². The molecule has 2 rings (SSSR count). The predicted octanol–water partition coefficient (Wildman–Crippen LogP) is 2.41. The van der Waals surface area contributed by atoms with Gasteiger partial charge in [0.1, 0.15) is 0 Å². The minimum absolute atomic E-state index is 0.00666. The summed E-state index contributed by atoms with van der Waals surface area (Å²) in [5, 5.41) is 9.10. The van der Waals surface area contributed by atoms with Crippen LogP contribution in [0.5, 0.6) is 0 Å². The van der Waals surface area contributed by atoms with Crippen LogP contribution in [0.1, 0.15) is 43.6 Å². The van der Waals surface area contributed by atoms with E-state index in [2.05, 4.69) is 4.72 Å². The summed E-state index contributed by atoms with van der Waals surface area (Å²) in [6.07, 6.45) is 0. The van der Waals surface area contributed by atoms with Crippen LogP contribution in [0.2, 0.25) is 0 Å². The van der Waals surface area contributed by atoms with Crippen molar-refractivity contribution in [1.29, 1.82) is 0 Å². The quantitative estimate of drug-likeness (QED) is 0.894. The SMILES string of the molecule is Cc1c(C(=O)O)cccc1S(=O)(=O)NC1C(C)(C)C1(C)C. The average Bonchev–Trinajstić information content (AvgIpc) is 2.71. The Kier molecular flexibility index (Phi) is 3.46. The largest absolute Gasteiger partial charge is 0.478 e. The van der Waals surface area contributed by atoms with Crippen LogP contribution in [0.15, 0.2) is 23.1 Å². The molecule has 21 heavy (non-hydrogen) atoms. The Morgan fingerprint density at radius 2 is 1.71 bits per heavy atom. The Balaban J connectivity index is 2.39. The van der Waals surface area contributed by atoms with Crippen molar-refractivity contribution in [2.45, 2.75) is 45.6 Å². The summed E-state index contributed by atoms with van der Waals surface area (Å²) >= 11 is 0. The topological polar surface area (TPSA) is 83.5 Å². The summed E-state index contributed by atoms with van der Waals surface area (Å²) in [5.41, 5.74) is 0.0116. The number of carbonyl (C=O) groups is 1. The van der Waals surface area contributed by atoms with Gasteiger partial charge in [0.25, 0.3) is 0 Å². The van der Waals surface area contributed by atoms with Crippen molar-refractivity contribution < 1.29 is 18.3 Å². The van der Waals surface area contributed by atoms with Crippen molar-refractivity contribution in [2.75, 3.05) is 0 Å². The van der Waals surface area contributed by atoms with Gasteiger partial charge in [-0.15, -0.1) is 0 Å². The van der Waals surface area contributed by atoms with E-state index in [9.17, 15) is 13.2 Å². The highest BCUT2D eigenvalue weighted by molar-refractivity contribution is 7.89. The standard InChI is InChI=1S/C15H21NO4S/c1-9-10(12(17)18)7-6-8-11(9)21(19,20)16-13-14(2,3)15(13,4)5/h6-8,13,16H,1-5H3,(H,17,18). The van der Waals surface area contributed by atoms with E-state index in [-0.39, 0.29) is 32.9 Å². The van der Waals surface area contributed by atoms with Crippen LogP contribution in [0.4, 0.5) is 0 Å². The van der Waals surface area contributed by atoms with Crippen molar-refractivity contribution in [3.63, 3.8) is 0 Å². The minimum atomic E-state index is -3.74. The number of hydrogen-bond donors (Lipinski definition) is 2. The molecule has 0 atom stereocenters. The lowest BCUT2D eigenvalue weighted by Gasteiger charge is -2.12. The highest BCUT2D eigenvalue weighted by Crippen LogP contribution is 2.62. The van der Waals surface area contributed by atoms with Gasteiger partial charge in [0.2, 0.25) is 10.0 Å². The Hall–Kier alpha value is -1.40. The molecule has 0 unspecified atom stereocenters. The van der Waals surface area contributed by atoms with Gasteiger partial charge in [-0.2, -0.15) is 0 Å². The molecule has 1 aliphatic rings. The van der Waals surface area contributed by atoms with Crippen LogP contribution in [-0.2, 0) is 10.0 Å². The van der Waals surface area contributed by atoms with Gasteiger partial charge in [0.05, 0.1) is 10.5 Å². The molecule has 1 aromatic carbocycles. The van der Waals surface area contributed by atoms with Crippen LogP contribution in [0, 0.1) is 17.8 Å². The van der Waals surface area contributed by atoms with Gasteiger partial charge < -0.3 is 5.11 Å². The first-order valence-corrected chi connectivity index (χ1v) is 8.26. The molecular formula is C15H21NO4S. The van der Waals surface area contributed by atoms with Crippen LogP contribution < -0.4 is 4.72 Å². The van der Waals surface area contributed by atoms with Gasteiger partial charge in [-0.3, -0.25) is 0 Å². The molecule has 2 N–H and O–H groups in total. The first-order valence-electron chi connectivity index (χ1n) is 6.78. The molecule has 5 nitrogen and oxygen atoms in total. The lowest BCUT2D eigenvalue weighted by molar-refractivity contribution is 0.0696. The Morgan fingerprint density at radius 1 is 1.19 bits per heavy atom. The number of sulfonamides is 1. The molecule has 0 saturated heterocycles. The monoisotopic (exact) mass is 311 g/mol. The number of rotatable bonds is 4. The zero-order valence-electron chi connectivity index (χ0n) is 12.9. The third-order valence-corrected chi connectivity index (χ3v) is 6.67. The van der Waals surface area contributed by atoms with Gasteiger partial charge in [-0.05, 0) is 35.4 Å². The van der Waals surface area contributed by atoms with Crippen molar-refractivity contribution >= 4 is 16.0 Å². The number of benzene rings is 1. The van der Waals surface area contributed by atoms with E-state index in [1.165, 1.54) is 25.1 Å². The first-order chi connectivity index (χ1) is 9.43. The molecular weight excluding hydrogens is 290 g/mol. The van der Waals surface area contributed by atoms with Gasteiger partial charge in [-0.1, -0.05) is 33.8 Å². The molecule has 0 aromatic heterocycles. The predicted molar refractivity (Wildman–Crippen MR) is 79.8 cm³/mol. The van der Waals surface area contributed by atoms with Crippen LogP contribution in [-0.4, -0.2) is 25.5 Å². The highest BCUT2D eigenvalue weighted by atomic mass is 32.2. The first kappa shape index (κ1) is 16.0. The molecule has 1 saturated carbocycles. The van der Waals surface area contributed by atoms with Crippen LogP contribution in [0.3, 0.4) is 0 Å². The second-order valence-corrected chi connectivity index (χ2v) is 8.41. The lowest BCUT2D eigenvalue weighted by Crippen LogP contribution is -2.30. The maximum Gasteiger partial charge on any atom is 0.335 e. The van der Waals surface area contributed by atoms with E-state index >= 15 is 0 Å². The van der Waals surface area contributed by atoms with Gasteiger partial charge in [-0.25, -0.2) is 17.9 Å². The molecule has 1 aliphatic carbocycles. The fourth-order valence-electron chi connectivity index (χ4n) is 2.85. The van der Waals surface area contributed by atoms with Crippen LogP contribution in [0.25, 0.3) is 0 Å². The zero-order chi connectivity index (χ0) is 16.2. The van der Waals surface area contributed by atoms with E-state index < -0.39 is 16.0 Å². The molecule has 116 valence electrons. The third-order valence-electron chi connectivity index (χ3n) is 5.10. The molecule has 0 spiro atoms. The maximum absolute atomic E-state index is 12.5. The summed E-state index contributed by atoms with van der Waals surface area (Å²) in [6.45, 7) is 9.57. The summed E-state index contributed by atoms with van der Waals surface area (Å²) in [7, 11) is -3.74. The number of hydrogen-bond acceptors (Lipinski definition) is 3. The Labute approximate surface area is 125 Å². The second kappa shape index (κ2) is 4.55. The number of aromatic carboxylic acids is 1. The third kappa shape index (κ3) is 2.36. The highest BCUT2D eigenvalue weighted by Gasteiger charge is 2.66. The lowest BCUT2D eigenvalue weighted by atomic mass is 10.0. The van der Waals surface area contributed by atoms with Crippen LogP contribution >= 0.6 is 0 Å². The van der Waals surface area contributed by atoms with Gasteiger partial charge in [0, 0.05) is 6.04 Å². The van der Waals surface area contributed by atoms with E-state index in [0.717, 1.165) is 0 Å². The maximum atomic E-state index is 12.5. The molecule has 1 aromatic rings. The van der Waals surface area contributed by atoms with Crippen molar-refractivity contribution in [2.24, 2.45) is 10.8 Å². The number of carboxylic acids is 1.